The Balaban J connectivity index is 1.77. The second kappa shape index (κ2) is 4.64. The van der Waals surface area contributed by atoms with Crippen molar-refractivity contribution in [1.29, 1.82) is 0 Å². The Hall–Kier alpha value is -0.380. The molecule has 1 aliphatic rings. The smallest absolute Gasteiger partial charge is 0.0328 e. The molecule has 0 radical (unpaired) electrons. The van der Waals surface area contributed by atoms with Gasteiger partial charge in [0.25, 0.3) is 0 Å². The number of nitrogens with one attached hydrogen (secondary N) is 1. The van der Waals surface area contributed by atoms with E-state index in [0.717, 1.165) is 13.1 Å². The minimum Gasteiger partial charge on any atom is -0.310 e. The molecule has 0 spiro atoms. The summed E-state index contributed by atoms with van der Waals surface area (Å²) < 4.78 is 0. The average molecular weight is 224 g/mol. The zero-order valence-corrected chi connectivity index (χ0v) is 10.4. The molecule has 1 aromatic heterocycles. The number of likely N-dealkylation sites (N-methyl/N-ethyl adjacent to an activating group) is 1. The standard InChI is InChI=1S/C12H20N2S/c1-14(2)12(6-4-7-12)10-13-9-11-5-3-8-15-11/h3,5,8,13H,4,6-7,9-10H2,1-2H3. The highest BCUT2D eigenvalue weighted by atomic mass is 32.1. The molecule has 1 heterocycles. The molecule has 0 amide bonds. The second-order valence-corrected chi connectivity index (χ2v) is 5.69. The van der Waals surface area contributed by atoms with Crippen molar-refractivity contribution in [3.63, 3.8) is 0 Å². The fourth-order valence-corrected chi connectivity index (χ4v) is 2.87. The van der Waals surface area contributed by atoms with Gasteiger partial charge in [-0.15, -0.1) is 11.3 Å². The summed E-state index contributed by atoms with van der Waals surface area (Å²) in [7, 11) is 4.40. The van der Waals surface area contributed by atoms with E-state index in [4.69, 9.17) is 0 Å². The van der Waals surface area contributed by atoms with Crippen LogP contribution in [0.1, 0.15) is 24.1 Å². The van der Waals surface area contributed by atoms with E-state index in [-0.39, 0.29) is 0 Å². The van der Waals surface area contributed by atoms with Crippen molar-refractivity contribution < 1.29 is 0 Å². The van der Waals surface area contributed by atoms with Crippen LogP contribution in [0.5, 0.6) is 0 Å². The largest absolute Gasteiger partial charge is 0.310 e. The van der Waals surface area contributed by atoms with Crippen molar-refractivity contribution in [2.24, 2.45) is 0 Å². The van der Waals surface area contributed by atoms with E-state index in [9.17, 15) is 0 Å². The highest BCUT2D eigenvalue weighted by Crippen LogP contribution is 2.35. The van der Waals surface area contributed by atoms with Gasteiger partial charge in [0.15, 0.2) is 0 Å². The van der Waals surface area contributed by atoms with Crippen LogP contribution in [-0.4, -0.2) is 31.1 Å². The zero-order chi connectivity index (χ0) is 10.7. The fraction of sp³-hybridized carbons (Fsp3) is 0.667. The molecule has 2 rings (SSSR count). The average Bonchev–Trinajstić information content (AvgIpc) is 2.61. The first kappa shape index (κ1) is 11.1. The Morgan fingerprint density at radius 1 is 1.47 bits per heavy atom. The van der Waals surface area contributed by atoms with Gasteiger partial charge in [0, 0.05) is 23.5 Å². The van der Waals surface area contributed by atoms with Gasteiger partial charge in [0.2, 0.25) is 0 Å². The first-order chi connectivity index (χ1) is 7.23. The van der Waals surface area contributed by atoms with Gasteiger partial charge in [-0.2, -0.15) is 0 Å². The molecular weight excluding hydrogens is 204 g/mol. The van der Waals surface area contributed by atoms with Crippen LogP contribution in [0.15, 0.2) is 17.5 Å². The van der Waals surface area contributed by atoms with E-state index in [1.54, 1.807) is 0 Å². The Morgan fingerprint density at radius 2 is 2.27 bits per heavy atom. The summed E-state index contributed by atoms with van der Waals surface area (Å²) in [5, 5.41) is 5.72. The first-order valence-electron chi connectivity index (χ1n) is 5.63. The predicted molar refractivity (Wildman–Crippen MR) is 66.3 cm³/mol. The van der Waals surface area contributed by atoms with Crippen molar-refractivity contribution in [2.45, 2.75) is 31.3 Å². The van der Waals surface area contributed by atoms with Crippen LogP contribution >= 0.6 is 11.3 Å². The van der Waals surface area contributed by atoms with Crippen LogP contribution < -0.4 is 5.32 Å². The third kappa shape index (κ3) is 2.41. The highest BCUT2D eigenvalue weighted by molar-refractivity contribution is 7.09. The third-order valence-electron chi connectivity index (χ3n) is 3.57. The monoisotopic (exact) mass is 224 g/mol. The van der Waals surface area contributed by atoms with E-state index in [1.807, 2.05) is 11.3 Å². The summed E-state index contributed by atoms with van der Waals surface area (Å²) in [6.07, 6.45) is 4.08. The molecular formula is C12H20N2S. The molecule has 0 atom stereocenters. The quantitative estimate of drug-likeness (QED) is 0.826. The Labute approximate surface area is 96.3 Å². The molecule has 0 bridgehead atoms. The van der Waals surface area contributed by atoms with E-state index < -0.39 is 0 Å². The molecule has 0 unspecified atom stereocenters. The van der Waals surface area contributed by atoms with E-state index in [2.05, 4.69) is 41.8 Å². The molecule has 1 aromatic rings. The number of hydrogen-bond acceptors (Lipinski definition) is 3. The van der Waals surface area contributed by atoms with Crippen LogP contribution in [-0.2, 0) is 6.54 Å². The van der Waals surface area contributed by atoms with Gasteiger partial charge < -0.3 is 10.2 Å². The van der Waals surface area contributed by atoms with Crippen molar-refractivity contribution in [3.8, 4) is 0 Å². The summed E-state index contributed by atoms with van der Waals surface area (Å²) in [6.45, 7) is 2.14. The van der Waals surface area contributed by atoms with Crippen LogP contribution in [0.25, 0.3) is 0 Å². The minimum absolute atomic E-state index is 0.442. The molecule has 1 aliphatic carbocycles. The molecule has 15 heavy (non-hydrogen) atoms. The lowest BCUT2D eigenvalue weighted by atomic mass is 9.75. The molecule has 1 saturated carbocycles. The summed E-state index contributed by atoms with van der Waals surface area (Å²) in [6, 6.07) is 4.31. The molecule has 0 aromatic carbocycles. The maximum atomic E-state index is 3.58. The molecule has 84 valence electrons. The minimum atomic E-state index is 0.442. The predicted octanol–water partition coefficient (Wildman–Crippen LogP) is 2.32. The lowest BCUT2D eigenvalue weighted by Gasteiger charge is -2.47. The number of hydrogen-bond donors (Lipinski definition) is 1. The van der Waals surface area contributed by atoms with Crippen LogP contribution in [0.2, 0.25) is 0 Å². The molecule has 3 heteroatoms. The van der Waals surface area contributed by atoms with Crippen molar-refractivity contribution >= 4 is 11.3 Å². The number of thiophene rings is 1. The van der Waals surface area contributed by atoms with Gasteiger partial charge in [-0.25, -0.2) is 0 Å². The van der Waals surface area contributed by atoms with Gasteiger partial charge in [0.1, 0.15) is 0 Å². The third-order valence-corrected chi connectivity index (χ3v) is 4.44. The van der Waals surface area contributed by atoms with Crippen LogP contribution in [0.4, 0.5) is 0 Å². The van der Waals surface area contributed by atoms with Gasteiger partial charge in [-0.05, 0) is 44.8 Å². The van der Waals surface area contributed by atoms with E-state index in [0.29, 0.717) is 5.54 Å². The molecule has 0 aliphatic heterocycles. The molecule has 1 N–H and O–H groups in total. The Bertz CT molecular complexity index is 289. The first-order valence-corrected chi connectivity index (χ1v) is 6.51. The second-order valence-electron chi connectivity index (χ2n) is 4.66. The van der Waals surface area contributed by atoms with Gasteiger partial charge in [-0.1, -0.05) is 6.07 Å². The van der Waals surface area contributed by atoms with E-state index >= 15 is 0 Å². The van der Waals surface area contributed by atoms with Gasteiger partial charge >= 0.3 is 0 Å². The topological polar surface area (TPSA) is 15.3 Å². The van der Waals surface area contributed by atoms with Crippen molar-refractivity contribution in [2.75, 3.05) is 20.6 Å². The summed E-state index contributed by atoms with van der Waals surface area (Å²) >= 11 is 1.83. The maximum Gasteiger partial charge on any atom is 0.0328 e. The molecule has 1 fully saturated rings. The lowest BCUT2D eigenvalue weighted by molar-refractivity contribution is 0.0599. The van der Waals surface area contributed by atoms with Crippen LogP contribution in [0.3, 0.4) is 0 Å². The lowest BCUT2D eigenvalue weighted by Crippen LogP contribution is -2.56. The summed E-state index contributed by atoms with van der Waals surface area (Å²) in [5.41, 5.74) is 0.442. The highest BCUT2D eigenvalue weighted by Gasteiger charge is 2.38. The van der Waals surface area contributed by atoms with Gasteiger partial charge in [0.05, 0.1) is 0 Å². The van der Waals surface area contributed by atoms with E-state index in [1.165, 1.54) is 24.1 Å². The van der Waals surface area contributed by atoms with Gasteiger partial charge in [-0.3, -0.25) is 0 Å². The summed E-state index contributed by atoms with van der Waals surface area (Å²) in [4.78, 5) is 3.82. The molecule has 2 nitrogen and oxygen atoms in total. The molecule has 0 saturated heterocycles. The SMILES string of the molecule is CN(C)C1(CNCc2cccs2)CCC1. The van der Waals surface area contributed by atoms with Crippen molar-refractivity contribution in [1.82, 2.24) is 10.2 Å². The summed E-state index contributed by atoms with van der Waals surface area (Å²) in [5.74, 6) is 0. The number of rotatable bonds is 5. The normalized spacial score (nSPS) is 19.1. The van der Waals surface area contributed by atoms with Crippen molar-refractivity contribution in [3.05, 3.63) is 22.4 Å². The zero-order valence-electron chi connectivity index (χ0n) is 9.62. The number of nitrogens with zero attached hydrogens (tertiary/aromatic N) is 1. The van der Waals surface area contributed by atoms with Crippen LogP contribution in [0, 0.1) is 0 Å². The Kier molecular flexibility index (Phi) is 3.44. The Morgan fingerprint density at radius 3 is 2.73 bits per heavy atom. The maximum absolute atomic E-state index is 3.58. The fourth-order valence-electron chi connectivity index (χ4n) is 2.20.